The van der Waals surface area contributed by atoms with E-state index in [-0.39, 0.29) is 0 Å². The van der Waals surface area contributed by atoms with Crippen molar-refractivity contribution in [2.45, 2.75) is 39.7 Å². The van der Waals surface area contributed by atoms with Crippen molar-refractivity contribution in [3.63, 3.8) is 0 Å². The Morgan fingerprint density at radius 2 is 1.64 bits per heavy atom. The second kappa shape index (κ2) is 6.33. The molecule has 1 aliphatic rings. The van der Waals surface area contributed by atoms with Gasteiger partial charge in [0.05, 0.1) is 0 Å². The maximum absolute atomic E-state index is 11.0. The largest absolute Gasteiger partial charge is 0.494 e. The smallest absolute Gasteiger partial charge is 0.203 e. The summed E-state index contributed by atoms with van der Waals surface area (Å²) >= 11 is 0. The summed E-state index contributed by atoms with van der Waals surface area (Å²) in [6.45, 7) is 8.79. The fourth-order valence-electron chi connectivity index (χ4n) is 4.75. The van der Waals surface area contributed by atoms with E-state index < -0.39 is 0 Å². The highest BCUT2D eigenvalue weighted by Gasteiger charge is 2.16. The Labute approximate surface area is 165 Å². The summed E-state index contributed by atoms with van der Waals surface area (Å²) in [5.41, 5.74) is 4.70. The van der Waals surface area contributed by atoms with Crippen molar-refractivity contribution >= 4 is 27.4 Å². The Bertz CT molecular complexity index is 1180. The number of aryl methyl sites for hydroxylation is 1. The molecular formula is C24H27N3O. The normalized spacial score (nSPS) is 14.8. The molecule has 4 aromatic rings. The van der Waals surface area contributed by atoms with Crippen LogP contribution in [0.15, 0.2) is 48.7 Å². The first kappa shape index (κ1) is 17.2. The summed E-state index contributed by atoms with van der Waals surface area (Å²) in [5, 5.41) is 14.2. The standard InChI is InChI=1S/C24H27N3O/c1-16(2)27-17(3)12-19-13-21(8-9-23(19)27)26-15-18-6-7-20(14-22(18)24(26)28)25-10-4-5-11-25/h6-9,12-16,28H,4-5,10-11H2,1-3H3. The van der Waals surface area contributed by atoms with Gasteiger partial charge < -0.3 is 14.6 Å². The van der Waals surface area contributed by atoms with Crippen molar-refractivity contribution in [2.24, 2.45) is 0 Å². The van der Waals surface area contributed by atoms with E-state index in [0.717, 1.165) is 29.5 Å². The number of nitrogens with zero attached hydrogens (tertiary/aromatic N) is 3. The van der Waals surface area contributed by atoms with E-state index in [2.05, 4.69) is 72.7 Å². The lowest BCUT2D eigenvalue weighted by atomic mass is 10.2. The van der Waals surface area contributed by atoms with Gasteiger partial charge in [-0.2, -0.15) is 0 Å². The van der Waals surface area contributed by atoms with Crippen LogP contribution in [0.3, 0.4) is 0 Å². The van der Waals surface area contributed by atoms with Crippen LogP contribution < -0.4 is 4.90 Å². The van der Waals surface area contributed by atoms with Crippen LogP contribution in [0.1, 0.15) is 38.4 Å². The second-order valence-electron chi connectivity index (χ2n) is 8.28. The molecule has 5 rings (SSSR count). The summed E-state index contributed by atoms with van der Waals surface area (Å²) < 4.78 is 4.26. The molecule has 1 saturated heterocycles. The molecule has 1 aliphatic heterocycles. The summed E-state index contributed by atoms with van der Waals surface area (Å²) in [7, 11) is 0. The van der Waals surface area contributed by atoms with Gasteiger partial charge in [-0.25, -0.2) is 0 Å². The molecule has 0 spiro atoms. The summed E-state index contributed by atoms with van der Waals surface area (Å²) in [5.74, 6) is 0.315. The number of rotatable bonds is 3. The minimum absolute atomic E-state index is 0.315. The van der Waals surface area contributed by atoms with Crippen molar-refractivity contribution in [1.82, 2.24) is 9.13 Å². The molecule has 2 aromatic carbocycles. The number of hydrogen-bond acceptors (Lipinski definition) is 2. The van der Waals surface area contributed by atoms with E-state index in [1.54, 1.807) is 0 Å². The monoisotopic (exact) mass is 373 g/mol. The average Bonchev–Trinajstić information content (AvgIpc) is 3.38. The van der Waals surface area contributed by atoms with Crippen molar-refractivity contribution in [1.29, 1.82) is 0 Å². The van der Waals surface area contributed by atoms with Crippen LogP contribution in [0.2, 0.25) is 0 Å². The Morgan fingerprint density at radius 3 is 2.39 bits per heavy atom. The Kier molecular flexibility index (Phi) is 3.90. The van der Waals surface area contributed by atoms with E-state index in [0.29, 0.717) is 11.9 Å². The zero-order valence-corrected chi connectivity index (χ0v) is 16.8. The van der Waals surface area contributed by atoms with Gasteiger partial charge in [0, 0.05) is 64.1 Å². The highest BCUT2D eigenvalue weighted by atomic mass is 16.3. The van der Waals surface area contributed by atoms with Gasteiger partial charge in [-0.05, 0) is 70.0 Å². The van der Waals surface area contributed by atoms with Gasteiger partial charge in [0.1, 0.15) is 0 Å². The van der Waals surface area contributed by atoms with Crippen LogP contribution in [0.5, 0.6) is 5.88 Å². The van der Waals surface area contributed by atoms with Gasteiger partial charge in [-0.1, -0.05) is 6.07 Å². The van der Waals surface area contributed by atoms with Crippen molar-refractivity contribution in [3.8, 4) is 11.6 Å². The topological polar surface area (TPSA) is 33.3 Å². The molecule has 1 N–H and O–H groups in total. The fraction of sp³-hybridized carbons (Fsp3) is 0.333. The lowest BCUT2D eigenvalue weighted by Gasteiger charge is -2.17. The predicted octanol–water partition coefficient (Wildman–Crippen LogP) is 5.78. The van der Waals surface area contributed by atoms with E-state index in [4.69, 9.17) is 0 Å². The van der Waals surface area contributed by atoms with Gasteiger partial charge >= 0.3 is 0 Å². The number of aromatic nitrogens is 2. The highest BCUT2D eigenvalue weighted by Crippen LogP contribution is 2.35. The van der Waals surface area contributed by atoms with E-state index in [9.17, 15) is 5.11 Å². The first-order valence-electron chi connectivity index (χ1n) is 10.2. The third-order valence-electron chi connectivity index (χ3n) is 6.05. The lowest BCUT2D eigenvalue weighted by molar-refractivity contribution is 0.448. The van der Waals surface area contributed by atoms with Crippen molar-refractivity contribution < 1.29 is 5.11 Å². The molecule has 28 heavy (non-hydrogen) atoms. The first-order chi connectivity index (χ1) is 13.5. The van der Waals surface area contributed by atoms with Crippen molar-refractivity contribution in [2.75, 3.05) is 18.0 Å². The molecule has 0 amide bonds. The summed E-state index contributed by atoms with van der Waals surface area (Å²) in [4.78, 5) is 2.40. The van der Waals surface area contributed by atoms with Gasteiger partial charge in [0.25, 0.3) is 0 Å². The van der Waals surface area contributed by atoms with Gasteiger partial charge in [0.2, 0.25) is 5.88 Å². The molecule has 0 aliphatic carbocycles. The van der Waals surface area contributed by atoms with E-state index >= 15 is 0 Å². The number of fused-ring (bicyclic) bond motifs is 2. The predicted molar refractivity (Wildman–Crippen MR) is 117 cm³/mol. The molecule has 1 fully saturated rings. The molecule has 0 bridgehead atoms. The molecule has 0 radical (unpaired) electrons. The molecular weight excluding hydrogens is 346 g/mol. The molecule has 144 valence electrons. The van der Waals surface area contributed by atoms with Crippen LogP contribution in [0, 0.1) is 6.92 Å². The molecule has 4 heteroatoms. The van der Waals surface area contributed by atoms with Crippen molar-refractivity contribution in [3.05, 3.63) is 54.4 Å². The van der Waals surface area contributed by atoms with Crippen LogP contribution >= 0.6 is 0 Å². The molecule has 2 aromatic heterocycles. The third-order valence-corrected chi connectivity index (χ3v) is 6.05. The van der Waals surface area contributed by atoms with E-state index in [1.807, 2.05) is 10.8 Å². The number of hydrogen-bond donors (Lipinski definition) is 1. The SMILES string of the molecule is Cc1cc2cc(-n3cc4ccc(N5CCCC5)cc4c3O)ccc2n1C(C)C. The summed E-state index contributed by atoms with van der Waals surface area (Å²) in [6.07, 6.45) is 4.53. The molecule has 4 nitrogen and oxygen atoms in total. The average molecular weight is 374 g/mol. The van der Waals surface area contributed by atoms with Gasteiger partial charge in [0.15, 0.2) is 0 Å². The van der Waals surface area contributed by atoms with Crippen LogP contribution in [0.25, 0.3) is 27.4 Å². The van der Waals surface area contributed by atoms with Crippen LogP contribution in [-0.2, 0) is 0 Å². The molecule has 0 atom stereocenters. The Balaban J connectivity index is 1.61. The fourth-order valence-corrected chi connectivity index (χ4v) is 4.75. The lowest BCUT2D eigenvalue weighted by Crippen LogP contribution is -2.17. The Morgan fingerprint density at radius 1 is 0.893 bits per heavy atom. The zero-order valence-electron chi connectivity index (χ0n) is 16.8. The minimum atomic E-state index is 0.315. The molecule has 0 unspecified atom stereocenters. The Hall–Kier alpha value is -2.88. The number of anilines is 1. The first-order valence-corrected chi connectivity index (χ1v) is 10.2. The van der Waals surface area contributed by atoms with Crippen LogP contribution in [0.4, 0.5) is 5.69 Å². The number of aromatic hydroxyl groups is 1. The minimum Gasteiger partial charge on any atom is -0.494 e. The maximum Gasteiger partial charge on any atom is 0.203 e. The maximum atomic E-state index is 11.0. The zero-order chi connectivity index (χ0) is 19.4. The third kappa shape index (κ3) is 2.59. The van der Waals surface area contributed by atoms with Gasteiger partial charge in [-0.15, -0.1) is 0 Å². The van der Waals surface area contributed by atoms with Gasteiger partial charge in [-0.3, -0.25) is 4.57 Å². The van der Waals surface area contributed by atoms with E-state index in [1.165, 1.54) is 35.1 Å². The summed E-state index contributed by atoms with van der Waals surface area (Å²) in [6, 6.07) is 15.5. The highest BCUT2D eigenvalue weighted by molar-refractivity contribution is 5.92. The number of benzene rings is 2. The second-order valence-corrected chi connectivity index (χ2v) is 8.28. The van der Waals surface area contributed by atoms with Crippen LogP contribution in [-0.4, -0.2) is 27.3 Å². The molecule has 3 heterocycles. The molecule has 0 saturated carbocycles. The quantitative estimate of drug-likeness (QED) is 0.494.